The molecule has 2 aromatic carbocycles. The molecular weight excluding hydrogens is 592 g/mol. The highest BCUT2D eigenvalue weighted by Gasteiger charge is 2.46. The van der Waals surface area contributed by atoms with E-state index < -0.39 is 29.6 Å². The van der Waals surface area contributed by atoms with Crippen LogP contribution in [0.2, 0.25) is 0 Å². The minimum atomic E-state index is -0.876. The van der Waals surface area contributed by atoms with E-state index in [1.807, 2.05) is 47.1 Å². The van der Waals surface area contributed by atoms with Crippen molar-refractivity contribution in [3.8, 4) is 0 Å². The Labute approximate surface area is 246 Å². The Morgan fingerprint density at radius 1 is 1.03 bits per heavy atom. The van der Waals surface area contributed by atoms with Gasteiger partial charge in [-0.15, -0.1) is 29.4 Å². The van der Waals surface area contributed by atoms with Crippen molar-refractivity contribution in [2.24, 2.45) is 5.92 Å². The first kappa shape index (κ1) is 33.1. The van der Waals surface area contributed by atoms with Gasteiger partial charge in [-0.05, 0) is 51.3 Å². The number of piperazine rings is 1. The van der Waals surface area contributed by atoms with Crippen LogP contribution in [0, 0.1) is 17.6 Å². The zero-order chi connectivity index (χ0) is 26.9. The van der Waals surface area contributed by atoms with E-state index in [1.54, 1.807) is 0 Å². The van der Waals surface area contributed by atoms with Crippen LogP contribution in [0.15, 0.2) is 48.5 Å². The lowest BCUT2D eigenvalue weighted by molar-refractivity contribution is -0.147. The van der Waals surface area contributed by atoms with Crippen molar-refractivity contribution in [2.45, 2.75) is 57.7 Å². The number of halogens is 4. The lowest BCUT2D eigenvalue weighted by atomic mass is 9.87. The second-order valence-electron chi connectivity index (χ2n) is 11.4. The molecule has 0 aliphatic carbocycles. The molecule has 2 heterocycles. The van der Waals surface area contributed by atoms with E-state index in [0.29, 0.717) is 44.7 Å². The van der Waals surface area contributed by atoms with E-state index in [-0.39, 0.29) is 52.8 Å². The van der Waals surface area contributed by atoms with Crippen LogP contribution in [-0.2, 0) is 16.0 Å². The number of aliphatic carboxylic acids is 1. The summed E-state index contributed by atoms with van der Waals surface area (Å²) in [5, 5.41) is 9.94. The Balaban J connectivity index is 0.00000267. The number of nitrogens with zero attached hydrogens (tertiary/aromatic N) is 3. The highest BCUT2D eigenvalue weighted by molar-refractivity contribution is 8.93. The number of amides is 1. The molecule has 216 valence electrons. The van der Waals surface area contributed by atoms with Gasteiger partial charge < -0.3 is 10.0 Å². The molecule has 0 aromatic heterocycles. The number of hydrogen-bond donors (Lipinski definition) is 1. The number of carboxylic acid groups (broad SMARTS) is 1. The lowest BCUT2D eigenvalue weighted by Gasteiger charge is -2.43. The van der Waals surface area contributed by atoms with Gasteiger partial charge in [-0.1, -0.05) is 36.4 Å². The largest absolute Gasteiger partial charge is 0.480 e. The van der Waals surface area contributed by atoms with Crippen molar-refractivity contribution in [1.82, 2.24) is 14.7 Å². The summed E-state index contributed by atoms with van der Waals surface area (Å²) in [6.07, 6.45) is 0.395. The molecule has 0 saturated carbocycles. The van der Waals surface area contributed by atoms with Gasteiger partial charge in [0, 0.05) is 56.3 Å². The van der Waals surface area contributed by atoms with Gasteiger partial charge in [-0.25, -0.2) is 8.78 Å². The van der Waals surface area contributed by atoms with Gasteiger partial charge in [-0.2, -0.15) is 0 Å². The van der Waals surface area contributed by atoms with Gasteiger partial charge in [0.05, 0.1) is 5.92 Å². The third-order valence-corrected chi connectivity index (χ3v) is 7.89. The summed E-state index contributed by atoms with van der Waals surface area (Å²) in [4.78, 5) is 32.0. The maximum Gasteiger partial charge on any atom is 0.321 e. The number of hydrogen-bond acceptors (Lipinski definition) is 4. The standard InChI is InChI=1S/C29H37F2N3O3.BrH.ClH/c1-19-16-32(26(28(36)37)14-20-8-6-5-7-9-20)12-13-34(19)27(35)24-18-33(29(2,3)4)17-23(24)22-11-10-21(30)15-25(22)31;;/h5-11,15,19,23-24,26H,12-14,16-18H2,1-4H3,(H,36,37);2*1H/t19-,23-,24+,26-;;/m0../s1. The highest BCUT2D eigenvalue weighted by Crippen LogP contribution is 2.39. The van der Waals surface area contributed by atoms with Gasteiger partial charge >= 0.3 is 5.97 Å². The minimum Gasteiger partial charge on any atom is -0.480 e. The SMILES string of the molecule is Br.C[C@H]1CN([C@@H](Cc2ccccc2)C(=O)O)CCN1C(=O)[C@@H]1CN(C(C)(C)C)C[C@H]1c1ccc(F)cc1F.Cl. The molecule has 2 aromatic rings. The molecule has 4 rings (SSSR count). The smallest absolute Gasteiger partial charge is 0.321 e. The fraction of sp³-hybridized carbons (Fsp3) is 0.517. The van der Waals surface area contributed by atoms with E-state index >= 15 is 0 Å². The molecule has 1 N–H and O–H groups in total. The van der Waals surface area contributed by atoms with E-state index in [1.165, 1.54) is 12.1 Å². The summed E-state index contributed by atoms with van der Waals surface area (Å²) >= 11 is 0. The van der Waals surface area contributed by atoms with Crippen LogP contribution in [0.25, 0.3) is 0 Å². The van der Waals surface area contributed by atoms with Crippen molar-refractivity contribution >= 4 is 41.3 Å². The van der Waals surface area contributed by atoms with Gasteiger partial charge in [0.2, 0.25) is 5.91 Å². The molecule has 1 amide bonds. The fourth-order valence-electron chi connectivity index (χ4n) is 5.74. The van der Waals surface area contributed by atoms with E-state index in [4.69, 9.17) is 0 Å². The van der Waals surface area contributed by atoms with Crippen molar-refractivity contribution in [1.29, 1.82) is 0 Å². The van der Waals surface area contributed by atoms with Crippen LogP contribution in [-0.4, -0.2) is 82.0 Å². The van der Waals surface area contributed by atoms with Gasteiger partial charge in [0.15, 0.2) is 0 Å². The average Bonchev–Trinajstić information content (AvgIpc) is 3.28. The predicted octanol–water partition coefficient (Wildman–Crippen LogP) is 5.01. The zero-order valence-electron chi connectivity index (χ0n) is 22.8. The number of benzene rings is 2. The molecule has 0 unspecified atom stereocenters. The molecule has 2 aliphatic heterocycles. The molecule has 6 nitrogen and oxygen atoms in total. The first-order valence-corrected chi connectivity index (χ1v) is 13.0. The summed E-state index contributed by atoms with van der Waals surface area (Å²) < 4.78 is 28.5. The van der Waals surface area contributed by atoms with Crippen molar-refractivity contribution < 1.29 is 23.5 Å². The van der Waals surface area contributed by atoms with E-state index in [0.717, 1.165) is 11.6 Å². The molecular formula is C29H39BrClF2N3O3. The van der Waals surface area contributed by atoms with E-state index in [2.05, 4.69) is 25.7 Å². The number of carbonyl (C=O) groups is 2. The van der Waals surface area contributed by atoms with Crippen LogP contribution in [0.1, 0.15) is 44.7 Å². The number of likely N-dealkylation sites (tertiary alicyclic amines) is 1. The first-order chi connectivity index (χ1) is 17.5. The third kappa shape index (κ3) is 7.57. The van der Waals surface area contributed by atoms with Crippen LogP contribution < -0.4 is 0 Å². The van der Waals surface area contributed by atoms with Gasteiger partial charge in [0.1, 0.15) is 17.7 Å². The maximum absolute atomic E-state index is 14.8. The second kappa shape index (κ2) is 13.5. The van der Waals surface area contributed by atoms with Crippen LogP contribution >= 0.6 is 29.4 Å². The summed E-state index contributed by atoms with van der Waals surface area (Å²) in [5.41, 5.74) is 1.12. The molecule has 0 bridgehead atoms. The quantitative estimate of drug-likeness (QED) is 0.487. The Morgan fingerprint density at radius 2 is 1.69 bits per heavy atom. The molecule has 10 heteroatoms. The van der Waals surface area contributed by atoms with Crippen molar-refractivity contribution in [3.05, 3.63) is 71.3 Å². The van der Waals surface area contributed by atoms with Crippen LogP contribution in [0.3, 0.4) is 0 Å². The Hall–Kier alpha value is -2.07. The Morgan fingerprint density at radius 3 is 2.26 bits per heavy atom. The van der Waals surface area contributed by atoms with Gasteiger partial charge in [0.25, 0.3) is 0 Å². The topological polar surface area (TPSA) is 64.1 Å². The third-order valence-electron chi connectivity index (χ3n) is 7.89. The minimum absolute atomic E-state index is 0. The van der Waals surface area contributed by atoms with Crippen molar-refractivity contribution in [2.75, 3.05) is 32.7 Å². The summed E-state index contributed by atoms with van der Waals surface area (Å²) in [7, 11) is 0. The molecule has 2 fully saturated rings. The molecule has 0 radical (unpaired) electrons. The summed E-state index contributed by atoms with van der Waals surface area (Å²) in [5.74, 6) is -3.04. The first-order valence-electron chi connectivity index (χ1n) is 13.0. The summed E-state index contributed by atoms with van der Waals surface area (Å²) in [6, 6.07) is 12.3. The van der Waals surface area contributed by atoms with Crippen molar-refractivity contribution in [3.63, 3.8) is 0 Å². The number of carboxylic acids is 1. The number of rotatable bonds is 6. The Kier molecular flexibility index (Phi) is 11.5. The summed E-state index contributed by atoms with van der Waals surface area (Å²) in [6.45, 7) is 10.4. The monoisotopic (exact) mass is 629 g/mol. The molecule has 0 spiro atoms. The lowest BCUT2D eigenvalue weighted by Crippen LogP contribution is -2.59. The highest BCUT2D eigenvalue weighted by atomic mass is 79.9. The second-order valence-corrected chi connectivity index (χ2v) is 11.4. The zero-order valence-corrected chi connectivity index (χ0v) is 25.4. The molecule has 4 atom stereocenters. The maximum atomic E-state index is 14.8. The Bertz CT molecular complexity index is 1130. The normalized spacial score (nSPS) is 23.0. The predicted molar refractivity (Wildman–Crippen MR) is 156 cm³/mol. The van der Waals surface area contributed by atoms with Crippen LogP contribution in [0.5, 0.6) is 0 Å². The molecule has 2 saturated heterocycles. The van der Waals surface area contributed by atoms with Gasteiger partial charge in [-0.3, -0.25) is 19.4 Å². The number of carbonyl (C=O) groups excluding carboxylic acids is 1. The average molecular weight is 631 g/mol. The molecule has 39 heavy (non-hydrogen) atoms. The molecule has 2 aliphatic rings. The van der Waals surface area contributed by atoms with E-state index in [9.17, 15) is 23.5 Å². The van der Waals surface area contributed by atoms with Crippen LogP contribution in [0.4, 0.5) is 8.78 Å². The fourth-order valence-corrected chi connectivity index (χ4v) is 5.74.